The van der Waals surface area contributed by atoms with Crippen LogP contribution in [0.2, 0.25) is 0 Å². The zero-order valence-electron chi connectivity index (χ0n) is 18.4. The molecule has 170 valence electrons. The average molecular weight is 448 g/mol. The molecular formula is C26H26FN3O3. The molecule has 0 aliphatic carbocycles. The Labute approximate surface area is 192 Å². The van der Waals surface area contributed by atoms with Gasteiger partial charge in [-0.1, -0.05) is 24.3 Å². The lowest BCUT2D eigenvalue weighted by atomic mass is 9.86. The molecule has 1 fully saturated rings. The zero-order valence-corrected chi connectivity index (χ0v) is 18.4. The standard InChI is InChI=1S/C26H26FN3O3/c1-17(27)26(32)30-13-11-18(12-14-30)19-7-9-22(25(28)31)23(15-19)24-10-8-21(16-29-24)33-20-5-3-2-4-6-20/h2-10,15-18H,11-14H2,1H3,(H2,28,31). The van der Waals surface area contributed by atoms with E-state index in [1.807, 2.05) is 42.5 Å². The molecule has 2 heterocycles. The monoisotopic (exact) mass is 447 g/mol. The second-order valence-corrected chi connectivity index (χ2v) is 8.18. The maximum atomic E-state index is 13.4. The zero-order chi connectivity index (χ0) is 23.4. The highest BCUT2D eigenvalue weighted by Crippen LogP contribution is 2.33. The maximum absolute atomic E-state index is 13.4. The molecule has 1 aliphatic heterocycles. The third-order valence-electron chi connectivity index (χ3n) is 5.92. The Balaban J connectivity index is 1.55. The minimum absolute atomic E-state index is 0.199. The van der Waals surface area contributed by atoms with Crippen molar-refractivity contribution in [1.82, 2.24) is 9.88 Å². The van der Waals surface area contributed by atoms with Crippen molar-refractivity contribution < 1.29 is 18.7 Å². The molecule has 2 aromatic carbocycles. The van der Waals surface area contributed by atoms with Crippen LogP contribution in [0.25, 0.3) is 11.3 Å². The minimum Gasteiger partial charge on any atom is -0.456 e. The summed E-state index contributed by atoms with van der Waals surface area (Å²) in [6.45, 7) is 2.29. The molecule has 1 atom stereocenters. The number of pyridine rings is 1. The number of halogens is 1. The van der Waals surface area contributed by atoms with E-state index < -0.39 is 18.0 Å². The molecule has 0 spiro atoms. The molecule has 1 aliphatic rings. The SMILES string of the molecule is CC(F)C(=O)N1CCC(c2ccc(C(N)=O)c(-c3ccc(Oc4ccccc4)cn3)c2)CC1. The number of alkyl halides is 1. The summed E-state index contributed by atoms with van der Waals surface area (Å²) in [4.78, 5) is 30.1. The summed E-state index contributed by atoms with van der Waals surface area (Å²) in [5, 5.41) is 0. The van der Waals surface area contributed by atoms with E-state index in [-0.39, 0.29) is 5.92 Å². The Morgan fingerprint density at radius 3 is 2.39 bits per heavy atom. The number of piperidine rings is 1. The van der Waals surface area contributed by atoms with E-state index >= 15 is 0 Å². The Hall–Kier alpha value is -3.74. The Morgan fingerprint density at radius 1 is 1.06 bits per heavy atom. The lowest BCUT2D eigenvalue weighted by Crippen LogP contribution is -2.41. The number of benzene rings is 2. The number of hydrogen-bond donors (Lipinski definition) is 1. The van der Waals surface area contributed by atoms with E-state index in [9.17, 15) is 14.0 Å². The highest BCUT2D eigenvalue weighted by molar-refractivity contribution is 5.99. The number of aromatic nitrogens is 1. The van der Waals surface area contributed by atoms with E-state index in [1.54, 1.807) is 29.3 Å². The van der Waals surface area contributed by atoms with Crippen molar-refractivity contribution in [3.8, 4) is 22.8 Å². The molecule has 0 saturated carbocycles. The van der Waals surface area contributed by atoms with Crippen LogP contribution in [0.3, 0.4) is 0 Å². The highest BCUT2D eigenvalue weighted by Gasteiger charge is 2.27. The van der Waals surface area contributed by atoms with Crippen molar-refractivity contribution >= 4 is 11.8 Å². The lowest BCUT2D eigenvalue weighted by Gasteiger charge is -2.32. The van der Waals surface area contributed by atoms with Crippen LogP contribution < -0.4 is 10.5 Å². The van der Waals surface area contributed by atoms with E-state index in [1.165, 1.54) is 6.92 Å². The van der Waals surface area contributed by atoms with E-state index in [0.29, 0.717) is 41.4 Å². The van der Waals surface area contributed by atoms with Gasteiger partial charge in [0.2, 0.25) is 5.91 Å². The highest BCUT2D eigenvalue weighted by atomic mass is 19.1. The van der Waals surface area contributed by atoms with Crippen LogP contribution in [-0.4, -0.2) is 41.0 Å². The molecule has 2 N–H and O–H groups in total. The molecular weight excluding hydrogens is 421 g/mol. The smallest absolute Gasteiger partial charge is 0.256 e. The van der Waals surface area contributed by atoms with Gasteiger partial charge < -0.3 is 15.4 Å². The summed E-state index contributed by atoms with van der Waals surface area (Å²) in [6.07, 6.45) is 1.58. The molecule has 6 nitrogen and oxygen atoms in total. The first-order chi connectivity index (χ1) is 15.9. The first kappa shape index (κ1) is 22.5. The van der Waals surface area contributed by atoms with Gasteiger partial charge in [0, 0.05) is 24.2 Å². The van der Waals surface area contributed by atoms with Crippen LogP contribution in [0.4, 0.5) is 4.39 Å². The number of rotatable bonds is 6. The predicted molar refractivity (Wildman–Crippen MR) is 124 cm³/mol. The summed E-state index contributed by atoms with van der Waals surface area (Å²) in [7, 11) is 0. The summed E-state index contributed by atoms with van der Waals surface area (Å²) in [5.74, 6) is 0.505. The van der Waals surface area contributed by atoms with Gasteiger partial charge in [-0.2, -0.15) is 0 Å². The number of likely N-dealkylation sites (tertiary alicyclic amines) is 1. The molecule has 1 aromatic heterocycles. The van der Waals surface area contributed by atoms with Crippen LogP contribution in [0.1, 0.15) is 41.6 Å². The summed E-state index contributed by atoms with van der Waals surface area (Å²) in [6, 6.07) is 18.6. The number of nitrogens with two attached hydrogens (primary N) is 1. The largest absolute Gasteiger partial charge is 0.456 e. The third kappa shape index (κ3) is 5.19. The average Bonchev–Trinajstić information content (AvgIpc) is 2.84. The molecule has 1 unspecified atom stereocenters. The van der Waals surface area contributed by atoms with Crippen LogP contribution >= 0.6 is 0 Å². The number of para-hydroxylation sites is 1. The molecule has 0 radical (unpaired) electrons. The normalized spacial score (nSPS) is 15.2. The van der Waals surface area contributed by atoms with Gasteiger partial charge in [0.25, 0.3) is 5.91 Å². The van der Waals surface area contributed by atoms with Gasteiger partial charge in [-0.25, -0.2) is 4.39 Å². The lowest BCUT2D eigenvalue weighted by molar-refractivity contribution is -0.136. The van der Waals surface area contributed by atoms with Crippen molar-refractivity contribution in [1.29, 1.82) is 0 Å². The fraction of sp³-hybridized carbons (Fsp3) is 0.269. The van der Waals surface area contributed by atoms with Crippen LogP contribution in [0, 0.1) is 0 Å². The molecule has 7 heteroatoms. The van der Waals surface area contributed by atoms with Gasteiger partial charge in [0.15, 0.2) is 6.17 Å². The van der Waals surface area contributed by atoms with Crippen molar-refractivity contribution in [3.05, 3.63) is 78.0 Å². The number of nitrogens with zero attached hydrogens (tertiary/aromatic N) is 2. The van der Waals surface area contributed by atoms with Crippen LogP contribution in [0.5, 0.6) is 11.5 Å². The summed E-state index contributed by atoms with van der Waals surface area (Å²) in [5.41, 5.74) is 8.33. The molecule has 0 bridgehead atoms. The number of ether oxygens (including phenoxy) is 1. The van der Waals surface area contributed by atoms with Crippen LogP contribution in [0.15, 0.2) is 66.9 Å². The summed E-state index contributed by atoms with van der Waals surface area (Å²) < 4.78 is 19.2. The quantitative estimate of drug-likeness (QED) is 0.593. The third-order valence-corrected chi connectivity index (χ3v) is 5.92. The first-order valence-electron chi connectivity index (χ1n) is 11.0. The molecule has 3 aromatic rings. The van der Waals surface area contributed by atoms with Gasteiger partial charge in [-0.3, -0.25) is 14.6 Å². The first-order valence-corrected chi connectivity index (χ1v) is 11.0. The van der Waals surface area contributed by atoms with Crippen molar-refractivity contribution in [2.45, 2.75) is 31.9 Å². The van der Waals surface area contributed by atoms with Gasteiger partial charge >= 0.3 is 0 Å². The van der Waals surface area contributed by atoms with E-state index in [2.05, 4.69) is 4.98 Å². The fourth-order valence-electron chi connectivity index (χ4n) is 4.15. The van der Waals surface area contributed by atoms with Gasteiger partial charge in [-0.05, 0) is 67.6 Å². The number of amides is 2. The van der Waals surface area contributed by atoms with Crippen molar-refractivity contribution in [2.75, 3.05) is 13.1 Å². The topological polar surface area (TPSA) is 85.5 Å². The second-order valence-electron chi connectivity index (χ2n) is 8.18. The van der Waals surface area contributed by atoms with Gasteiger partial charge in [-0.15, -0.1) is 0 Å². The van der Waals surface area contributed by atoms with Crippen molar-refractivity contribution in [2.24, 2.45) is 5.73 Å². The molecule has 2 amide bonds. The Bertz CT molecular complexity index is 1130. The minimum atomic E-state index is -1.48. The summed E-state index contributed by atoms with van der Waals surface area (Å²) >= 11 is 0. The molecule has 33 heavy (non-hydrogen) atoms. The van der Waals surface area contributed by atoms with Crippen molar-refractivity contribution in [3.63, 3.8) is 0 Å². The Kier molecular flexibility index (Phi) is 6.68. The number of primary amides is 1. The Morgan fingerprint density at radius 2 is 1.79 bits per heavy atom. The number of carbonyl (C=O) groups excluding carboxylic acids is 2. The fourth-order valence-corrected chi connectivity index (χ4v) is 4.15. The molecule has 4 rings (SSSR count). The maximum Gasteiger partial charge on any atom is 0.256 e. The van der Waals surface area contributed by atoms with Crippen LogP contribution in [-0.2, 0) is 4.79 Å². The number of carbonyl (C=O) groups is 2. The van der Waals surface area contributed by atoms with Gasteiger partial charge in [0.05, 0.1) is 11.9 Å². The number of hydrogen-bond acceptors (Lipinski definition) is 4. The van der Waals surface area contributed by atoms with Gasteiger partial charge in [0.1, 0.15) is 11.5 Å². The second kappa shape index (κ2) is 9.81. The molecule has 1 saturated heterocycles. The van der Waals surface area contributed by atoms with E-state index in [0.717, 1.165) is 18.4 Å². The predicted octanol–water partition coefficient (Wildman–Crippen LogP) is 4.70. The van der Waals surface area contributed by atoms with E-state index in [4.69, 9.17) is 10.5 Å².